The van der Waals surface area contributed by atoms with Crippen LogP contribution in [-0.4, -0.2) is 73.6 Å². The molecule has 0 aromatic carbocycles. The lowest BCUT2D eigenvalue weighted by Gasteiger charge is -2.36. The van der Waals surface area contributed by atoms with E-state index in [0.717, 1.165) is 70.3 Å². The summed E-state index contributed by atoms with van der Waals surface area (Å²) in [6.45, 7) is 7.03. The molecule has 0 bridgehead atoms. The molecule has 2 aliphatic rings. The molecule has 26 heavy (non-hydrogen) atoms. The lowest BCUT2D eigenvalue weighted by molar-refractivity contribution is -0.130. The first kappa shape index (κ1) is 18.8. The second kappa shape index (κ2) is 9.62. The van der Waals surface area contributed by atoms with E-state index in [4.69, 9.17) is 14.1 Å². The second-order valence-corrected chi connectivity index (χ2v) is 6.90. The maximum atomic E-state index is 11.5. The van der Waals surface area contributed by atoms with Crippen molar-refractivity contribution < 1.29 is 13.9 Å². The molecule has 2 fully saturated rings. The highest BCUT2D eigenvalue weighted by atomic mass is 16.5. The fourth-order valence-electron chi connectivity index (χ4n) is 3.39. The molecule has 1 unspecified atom stereocenters. The summed E-state index contributed by atoms with van der Waals surface area (Å²) >= 11 is 0. The van der Waals surface area contributed by atoms with Crippen molar-refractivity contribution in [3.8, 4) is 0 Å². The summed E-state index contributed by atoms with van der Waals surface area (Å²) in [6.07, 6.45) is 6.20. The molecule has 2 saturated heterocycles. The molecule has 1 N–H and O–H groups in total. The minimum atomic E-state index is 0.143. The van der Waals surface area contributed by atoms with Crippen molar-refractivity contribution in [3.63, 3.8) is 0 Å². The molecule has 1 amide bonds. The highest BCUT2D eigenvalue weighted by molar-refractivity contribution is 5.80. The van der Waals surface area contributed by atoms with E-state index < -0.39 is 0 Å². The molecular formula is C19H30N4O3. The first-order chi connectivity index (χ1) is 12.7. The second-order valence-electron chi connectivity index (χ2n) is 6.90. The minimum absolute atomic E-state index is 0.143. The van der Waals surface area contributed by atoms with Gasteiger partial charge in [-0.3, -0.25) is 9.79 Å². The zero-order chi connectivity index (χ0) is 18.2. The van der Waals surface area contributed by atoms with E-state index in [1.54, 1.807) is 13.2 Å². The number of carbonyl (C=O) groups excluding carboxylic acids is 1. The fourth-order valence-corrected chi connectivity index (χ4v) is 3.39. The van der Waals surface area contributed by atoms with Crippen LogP contribution < -0.4 is 5.32 Å². The number of ether oxygens (including phenoxy) is 1. The third-order valence-corrected chi connectivity index (χ3v) is 4.98. The molecule has 1 atom stereocenters. The van der Waals surface area contributed by atoms with Crippen molar-refractivity contribution >= 4 is 11.9 Å². The Morgan fingerprint density at radius 3 is 2.73 bits per heavy atom. The van der Waals surface area contributed by atoms with Gasteiger partial charge in [0.2, 0.25) is 5.91 Å². The highest BCUT2D eigenvalue weighted by Gasteiger charge is 2.22. The molecule has 0 saturated carbocycles. The van der Waals surface area contributed by atoms with Gasteiger partial charge in [-0.15, -0.1) is 0 Å². The van der Waals surface area contributed by atoms with Crippen LogP contribution in [0.25, 0.3) is 0 Å². The molecule has 0 spiro atoms. The van der Waals surface area contributed by atoms with E-state index in [0.29, 0.717) is 6.54 Å². The molecule has 1 aromatic rings. The Bertz CT molecular complexity index is 574. The Hall–Kier alpha value is -2.02. The van der Waals surface area contributed by atoms with Crippen molar-refractivity contribution in [2.75, 3.05) is 45.9 Å². The van der Waals surface area contributed by atoms with Crippen LogP contribution in [0.5, 0.6) is 0 Å². The largest absolute Gasteiger partial charge is 0.469 e. The number of carbonyl (C=O) groups is 1. The zero-order valence-corrected chi connectivity index (χ0v) is 15.7. The monoisotopic (exact) mass is 362 g/mol. The lowest BCUT2D eigenvalue weighted by Crippen LogP contribution is -2.53. The summed E-state index contributed by atoms with van der Waals surface area (Å²) in [4.78, 5) is 20.5. The zero-order valence-electron chi connectivity index (χ0n) is 15.7. The Balaban J connectivity index is 1.55. The summed E-state index contributed by atoms with van der Waals surface area (Å²) in [5.74, 6) is 2.02. The fraction of sp³-hybridized carbons (Fsp3) is 0.684. The van der Waals surface area contributed by atoms with Gasteiger partial charge in [0.15, 0.2) is 5.96 Å². The van der Waals surface area contributed by atoms with Crippen LogP contribution in [0.15, 0.2) is 27.8 Å². The number of rotatable bonds is 5. The predicted molar refractivity (Wildman–Crippen MR) is 100 cm³/mol. The topological polar surface area (TPSA) is 70.3 Å². The van der Waals surface area contributed by atoms with Crippen molar-refractivity contribution in [2.45, 2.75) is 38.7 Å². The molecule has 3 rings (SSSR count). The van der Waals surface area contributed by atoms with Gasteiger partial charge in [-0.1, -0.05) is 0 Å². The van der Waals surface area contributed by atoms with Crippen molar-refractivity contribution in [3.05, 3.63) is 24.2 Å². The Morgan fingerprint density at radius 1 is 1.27 bits per heavy atom. The van der Waals surface area contributed by atoms with Gasteiger partial charge < -0.3 is 24.3 Å². The van der Waals surface area contributed by atoms with E-state index in [1.807, 2.05) is 17.0 Å². The van der Waals surface area contributed by atoms with Crippen LogP contribution in [0.1, 0.15) is 31.9 Å². The van der Waals surface area contributed by atoms with Crippen molar-refractivity contribution in [1.82, 2.24) is 15.1 Å². The van der Waals surface area contributed by atoms with E-state index in [1.165, 1.54) is 6.42 Å². The normalized spacial score (nSPS) is 21.7. The maximum Gasteiger partial charge on any atom is 0.219 e. The average Bonchev–Trinajstić information content (AvgIpc) is 3.19. The molecule has 3 heterocycles. The van der Waals surface area contributed by atoms with E-state index in [2.05, 4.69) is 10.2 Å². The van der Waals surface area contributed by atoms with Crippen LogP contribution in [0.4, 0.5) is 0 Å². The number of hydrogen-bond acceptors (Lipinski definition) is 4. The minimum Gasteiger partial charge on any atom is -0.469 e. The van der Waals surface area contributed by atoms with Gasteiger partial charge in [0.25, 0.3) is 0 Å². The van der Waals surface area contributed by atoms with Gasteiger partial charge in [-0.2, -0.15) is 0 Å². The molecule has 7 heteroatoms. The summed E-state index contributed by atoms with van der Waals surface area (Å²) in [5.41, 5.74) is 0. The number of nitrogens with zero attached hydrogens (tertiary/aromatic N) is 3. The first-order valence-electron chi connectivity index (χ1n) is 9.65. The average molecular weight is 362 g/mol. The molecule has 7 nitrogen and oxygen atoms in total. The number of hydrogen-bond donors (Lipinski definition) is 1. The van der Waals surface area contributed by atoms with Gasteiger partial charge in [0, 0.05) is 52.7 Å². The van der Waals surface area contributed by atoms with E-state index >= 15 is 0 Å². The number of aliphatic imine (C=N–C) groups is 1. The number of amides is 1. The van der Waals surface area contributed by atoms with Crippen LogP contribution in [0.2, 0.25) is 0 Å². The predicted octanol–water partition coefficient (Wildman–Crippen LogP) is 1.50. The van der Waals surface area contributed by atoms with E-state index in [9.17, 15) is 4.79 Å². The van der Waals surface area contributed by atoms with Crippen molar-refractivity contribution in [2.24, 2.45) is 4.99 Å². The van der Waals surface area contributed by atoms with Crippen LogP contribution in [0.3, 0.4) is 0 Å². The Morgan fingerprint density at radius 2 is 2.08 bits per heavy atom. The number of guanidine groups is 1. The molecule has 0 aliphatic carbocycles. The van der Waals surface area contributed by atoms with Gasteiger partial charge in [-0.05, 0) is 31.4 Å². The summed E-state index contributed by atoms with van der Waals surface area (Å²) in [5, 5.41) is 3.47. The molecule has 144 valence electrons. The van der Waals surface area contributed by atoms with E-state index in [-0.39, 0.29) is 12.0 Å². The quantitative estimate of drug-likeness (QED) is 0.635. The van der Waals surface area contributed by atoms with Crippen LogP contribution >= 0.6 is 0 Å². The summed E-state index contributed by atoms with van der Waals surface area (Å²) < 4.78 is 11.2. The molecule has 0 radical (unpaired) electrons. The van der Waals surface area contributed by atoms with Gasteiger partial charge in [0.1, 0.15) is 5.76 Å². The Labute approximate surface area is 155 Å². The Kier molecular flexibility index (Phi) is 6.94. The van der Waals surface area contributed by atoms with Gasteiger partial charge in [0.05, 0.1) is 18.9 Å². The number of furan rings is 1. The SMILES string of the molecule is CC(=O)N1CCN(C(=NCC2CCCCO2)NCCc2ccco2)CC1. The molecular weight excluding hydrogens is 332 g/mol. The molecule has 2 aliphatic heterocycles. The van der Waals surface area contributed by atoms with Crippen LogP contribution in [0, 0.1) is 0 Å². The maximum absolute atomic E-state index is 11.5. The highest BCUT2D eigenvalue weighted by Crippen LogP contribution is 2.13. The van der Waals surface area contributed by atoms with Crippen LogP contribution in [-0.2, 0) is 16.0 Å². The smallest absolute Gasteiger partial charge is 0.219 e. The third-order valence-electron chi connectivity index (χ3n) is 4.98. The standard InChI is InChI=1S/C19H30N4O3/c1-16(24)22-9-11-23(12-10-22)19(20-8-7-17-6-4-14-25-17)21-15-18-5-2-3-13-26-18/h4,6,14,18H,2-3,5,7-13,15H2,1H3,(H,20,21). The van der Waals surface area contributed by atoms with Gasteiger partial charge in [-0.25, -0.2) is 0 Å². The third kappa shape index (κ3) is 5.49. The first-order valence-corrected chi connectivity index (χ1v) is 9.65. The van der Waals surface area contributed by atoms with Crippen molar-refractivity contribution in [1.29, 1.82) is 0 Å². The molecule has 1 aromatic heterocycles. The summed E-state index contributed by atoms with van der Waals surface area (Å²) in [6, 6.07) is 3.89. The summed E-state index contributed by atoms with van der Waals surface area (Å²) in [7, 11) is 0. The van der Waals surface area contributed by atoms with Gasteiger partial charge >= 0.3 is 0 Å². The number of nitrogens with one attached hydrogen (secondary N) is 1. The lowest BCUT2D eigenvalue weighted by atomic mass is 10.1. The number of piperazine rings is 1.